The third-order valence-corrected chi connectivity index (χ3v) is 3.76. The quantitative estimate of drug-likeness (QED) is 0.653. The summed E-state index contributed by atoms with van der Waals surface area (Å²) in [5.41, 5.74) is 1.40. The predicted molar refractivity (Wildman–Crippen MR) is 66.8 cm³/mol. The Morgan fingerprint density at radius 1 is 1.14 bits per heavy atom. The second-order valence-electron chi connectivity index (χ2n) is 3.97. The van der Waals surface area contributed by atoms with Crippen molar-refractivity contribution >= 4 is 15.9 Å². The fraction of sp³-hybridized carbons (Fsp3) is 0.538. The van der Waals surface area contributed by atoms with E-state index in [9.17, 15) is 0 Å². The normalized spacial score (nSPS) is 15.1. The summed E-state index contributed by atoms with van der Waals surface area (Å²) in [7, 11) is 0. The Morgan fingerprint density at radius 2 is 1.79 bits per heavy atom. The van der Waals surface area contributed by atoms with E-state index in [1.807, 2.05) is 0 Å². The molecule has 0 heterocycles. The highest BCUT2D eigenvalue weighted by Gasteiger charge is 2.08. The van der Waals surface area contributed by atoms with E-state index in [1.54, 1.807) is 0 Å². The average molecular weight is 255 g/mol. The van der Waals surface area contributed by atoms with Gasteiger partial charge in [-0.3, -0.25) is 0 Å². The summed E-state index contributed by atoms with van der Waals surface area (Å²) in [4.78, 5) is 0.526. The smallest absolute Gasteiger partial charge is 0.0395 e. The van der Waals surface area contributed by atoms with E-state index in [4.69, 9.17) is 0 Å². The summed E-state index contributed by atoms with van der Waals surface area (Å²) in [6.07, 6.45) is 3.83. The van der Waals surface area contributed by atoms with Crippen LogP contribution in [-0.2, 0) is 0 Å². The van der Waals surface area contributed by atoms with Gasteiger partial charge in [0.05, 0.1) is 0 Å². The van der Waals surface area contributed by atoms with Gasteiger partial charge < -0.3 is 0 Å². The highest BCUT2D eigenvalue weighted by Crippen LogP contribution is 2.29. The SMILES string of the molecule is CCC(C)CCC(Br)c1ccccc1. The van der Waals surface area contributed by atoms with Crippen LogP contribution in [0.2, 0.25) is 0 Å². The van der Waals surface area contributed by atoms with E-state index in [1.165, 1.54) is 24.8 Å². The van der Waals surface area contributed by atoms with Crippen LogP contribution >= 0.6 is 15.9 Å². The highest BCUT2D eigenvalue weighted by molar-refractivity contribution is 9.09. The third-order valence-electron chi connectivity index (χ3n) is 2.77. The molecule has 1 aromatic rings. The zero-order valence-corrected chi connectivity index (χ0v) is 10.6. The van der Waals surface area contributed by atoms with Gasteiger partial charge in [0, 0.05) is 4.83 Å². The van der Waals surface area contributed by atoms with Gasteiger partial charge in [-0.25, -0.2) is 0 Å². The predicted octanol–water partition coefficient (Wildman–Crippen LogP) is 4.95. The molecular formula is C13H19Br. The first-order valence-electron chi connectivity index (χ1n) is 5.43. The minimum Gasteiger partial charge on any atom is -0.0839 e. The van der Waals surface area contributed by atoms with E-state index in [0.29, 0.717) is 4.83 Å². The van der Waals surface area contributed by atoms with Crippen molar-refractivity contribution in [2.45, 2.75) is 37.9 Å². The van der Waals surface area contributed by atoms with Gasteiger partial charge in [0.1, 0.15) is 0 Å². The molecule has 14 heavy (non-hydrogen) atoms. The molecular weight excluding hydrogens is 236 g/mol. The van der Waals surface area contributed by atoms with Crippen LogP contribution in [0.1, 0.15) is 43.5 Å². The molecule has 0 aliphatic heterocycles. The number of rotatable bonds is 5. The van der Waals surface area contributed by atoms with E-state index in [0.717, 1.165) is 5.92 Å². The Kier molecular flexibility index (Phi) is 5.24. The molecule has 0 saturated heterocycles. The fourth-order valence-corrected chi connectivity index (χ4v) is 2.03. The molecule has 1 aromatic carbocycles. The maximum Gasteiger partial charge on any atom is 0.0395 e. The van der Waals surface area contributed by atoms with Crippen molar-refractivity contribution in [2.75, 3.05) is 0 Å². The largest absolute Gasteiger partial charge is 0.0839 e. The molecule has 0 aromatic heterocycles. The summed E-state index contributed by atoms with van der Waals surface area (Å²) in [6.45, 7) is 4.58. The van der Waals surface area contributed by atoms with Gasteiger partial charge in [-0.1, -0.05) is 66.5 Å². The zero-order chi connectivity index (χ0) is 10.4. The minimum atomic E-state index is 0.526. The van der Waals surface area contributed by atoms with Crippen molar-refractivity contribution in [1.82, 2.24) is 0 Å². The summed E-state index contributed by atoms with van der Waals surface area (Å²) < 4.78 is 0. The van der Waals surface area contributed by atoms with Crippen LogP contribution in [-0.4, -0.2) is 0 Å². The summed E-state index contributed by atoms with van der Waals surface area (Å²) >= 11 is 3.74. The molecule has 2 atom stereocenters. The third kappa shape index (κ3) is 3.83. The molecule has 1 rings (SSSR count). The van der Waals surface area contributed by atoms with E-state index in [-0.39, 0.29) is 0 Å². The van der Waals surface area contributed by atoms with Crippen LogP contribution < -0.4 is 0 Å². The first-order chi connectivity index (χ1) is 6.74. The lowest BCUT2D eigenvalue weighted by Gasteiger charge is -2.13. The topological polar surface area (TPSA) is 0 Å². The first-order valence-corrected chi connectivity index (χ1v) is 6.34. The molecule has 0 N–H and O–H groups in total. The van der Waals surface area contributed by atoms with E-state index in [2.05, 4.69) is 60.1 Å². The van der Waals surface area contributed by atoms with Crippen molar-refractivity contribution in [3.05, 3.63) is 35.9 Å². The van der Waals surface area contributed by atoms with Crippen LogP contribution in [0.25, 0.3) is 0 Å². The molecule has 0 aliphatic rings. The van der Waals surface area contributed by atoms with Crippen molar-refractivity contribution in [3.8, 4) is 0 Å². The number of hydrogen-bond donors (Lipinski definition) is 0. The van der Waals surface area contributed by atoms with Crippen molar-refractivity contribution in [2.24, 2.45) is 5.92 Å². The van der Waals surface area contributed by atoms with Crippen LogP contribution in [0.3, 0.4) is 0 Å². The Bertz CT molecular complexity index is 243. The molecule has 0 amide bonds. The van der Waals surface area contributed by atoms with Crippen molar-refractivity contribution in [3.63, 3.8) is 0 Å². The molecule has 0 bridgehead atoms. The Morgan fingerprint density at radius 3 is 2.36 bits per heavy atom. The van der Waals surface area contributed by atoms with Gasteiger partial charge in [-0.15, -0.1) is 0 Å². The number of benzene rings is 1. The van der Waals surface area contributed by atoms with Crippen LogP contribution in [0, 0.1) is 5.92 Å². The number of hydrogen-bond acceptors (Lipinski definition) is 0. The van der Waals surface area contributed by atoms with Crippen LogP contribution in [0.5, 0.6) is 0 Å². The molecule has 0 aliphatic carbocycles. The second-order valence-corrected chi connectivity index (χ2v) is 5.07. The molecule has 0 nitrogen and oxygen atoms in total. The standard InChI is InChI=1S/C13H19Br/c1-3-11(2)9-10-13(14)12-7-5-4-6-8-12/h4-8,11,13H,3,9-10H2,1-2H3. The van der Waals surface area contributed by atoms with Crippen molar-refractivity contribution < 1.29 is 0 Å². The molecule has 78 valence electrons. The van der Waals surface area contributed by atoms with Gasteiger partial charge in [-0.05, 0) is 24.3 Å². The molecule has 0 saturated carbocycles. The minimum absolute atomic E-state index is 0.526. The fourth-order valence-electron chi connectivity index (χ4n) is 1.46. The molecule has 0 fully saturated rings. The van der Waals surface area contributed by atoms with Gasteiger partial charge in [-0.2, -0.15) is 0 Å². The summed E-state index contributed by atoms with van der Waals surface area (Å²) in [5.74, 6) is 0.846. The number of alkyl halides is 1. The van der Waals surface area contributed by atoms with Gasteiger partial charge >= 0.3 is 0 Å². The average Bonchev–Trinajstić information content (AvgIpc) is 2.26. The maximum atomic E-state index is 3.74. The Balaban J connectivity index is 2.39. The highest BCUT2D eigenvalue weighted by atomic mass is 79.9. The molecule has 0 spiro atoms. The lowest BCUT2D eigenvalue weighted by Crippen LogP contribution is -1.96. The monoisotopic (exact) mass is 254 g/mol. The van der Waals surface area contributed by atoms with Crippen molar-refractivity contribution in [1.29, 1.82) is 0 Å². The zero-order valence-electron chi connectivity index (χ0n) is 9.04. The lowest BCUT2D eigenvalue weighted by atomic mass is 9.99. The molecule has 0 radical (unpaired) electrons. The summed E-state index contributed by atoms with van der Waals surface area (Å²) in [5, 5.41) is 0. The van der Waals surface area contributed by atoms with Gasteiger partial charge in [0.15, 0.2) is 0 Å². The van der Waals surface area contributed by atoms with E-state index < -0.39 is 0 Å². The Hall–Kier alpha value is -0.300. The van der Waals surface area contributed by atoms with Gasteiger partial charge in [0.2, 0.25) is 0 Å². The first kappa shape index (κ1) is 11.8. The van der Waals surface area contributed by atoms with Gasteiger partial charge in [0.25, 0.3) is 0 Å². The number of halogens is 1. The van der Waals surface area contributed by atoms with Crippen LogP contribution in [0.15, 0.2) is 30.3 Å². The maximum absolute atomic E-state index is 3.74. The van der Waals surface area contributed by atoms with E-state index >= 15 is 0 Å². The Labute approximate surface area is 95.9 Å². The van der Waals surface area contributed by atoms with Crippen LogP contribution in [0.4, 0.5) is 0 Å². The summed E-state index contributed by atoms with van der Waals surface area (Å²) in [6, 6.07) is 10.7. The molecule has 1 heteroatoms. The second kappa shape index (κ2) is 6.23. The molecule has 2 unspecified atom stereocenters. The lowest BCUT2D eigenvalue weighted by molar-refractivity contribution is 0.494.